The van der Waals surface area contributed by atoms with Gasteiger partial charge in [-0.05, 0) is 42.0 Å². The van der Waals surface area contributed by atoms with Crippen molar-refractivity contribution in [2.45, 2.75) is 19.8 Å². The Hall–Kier alpha value is -2.28. The molecule has 1 fully saturated rings. The molecule has 1 aromatic carbocycles. The van der Waals surface area contributed by atoms with Gasteiger partial charge in [-0.15, -0.1) is 0 Å². The third kappa shape index (κ3) is 4.59. The Kier molecular flexibility index (Phi) is 5.81. The van der Waals surface area contributed by atoms with Gasteiger partial charge in [0.2, 0.25) is 5.91 Å². The molecule has 1 saturated heterocycles. The van der Waals surface area contributed by atoms with Crippen molar-refractivity contribution in [3.63, 3.8) is 0 Å². The number of hydrogen-bond donors (Lipinski definition) is 2. The number of nitrogens with zero attached hydrogens (tertiary/aromatic N) is 1. The van der Waals surface area contributed by atoms with Crippen LogP contribution in [0.5, 0.6) is 5.75 Å². The molecule has 0 radical (unpaired) electrons. The first-order chi connectivity index (χ1) is 11.0. The first-order valence-electron chi connectivity index (χ1n) is 7.32. The number of nitrogens with one attached hydrogen (secondary N) is 1. The van der Waals surface area contributed by atoms with Crippen LogP contribution in [0.3, 0.4) is 0 Å². The van der Waals surface area contributed by atoms with Gasteiger partial charge >= 0.3 is 0 Å². The highest BCUT2D eigenvalue weighted by atomic mass is 32.2. The van der Waals surface area contributed by atoms with Crippen molar-refractivity contribution in [3.8, 4) is 5.75 Å². The Morgan fingerprint density at radius 3 is 2.65 bits per heavy atom. The number of aromatic hydroxyl groups is 1. The number of rotatable bonds is 6. The van der Waals surface area contributed by atoms with Crippen molar-refractivity contribution >= 4 is 34.9 Å². The molecular weight excluding hydrogens is 316 g/mol. The molecule has 122 valence electrons. The number of carbonyl (C=O) groups excluding carboxylic acids is 3. The van der Waals surface area contributed by atoms with Gasteiger partial charge in [0.25, 0.3) is 11.1 Å². The van der Waals surface area contributed by atoms with Crippen LogP contribution in [0.2, 0.25) is 0 Å². The Labute approximate surface area is 138 Å². The van der Waals surface area contributed by atoms with Crippen LogP contribution in [0.1, 0.15) is 25.3 Å². The first kappa shape index (κ1) is 17.1. The lowest BCUT2D eigenvalue weighted by molar-refractivity contribution is -0.129. The Morgan fingerprint density at radius 2 is 2.00 bits per heavy atom. The van der Waals surface area contributed by atoms with Crippen LogP contribution in [-0.4, -0.2) is 40.1 Å². The highest BCUT2D eigenvalue weighted by Gasteiger charge is 2.36. The monoisotopic (exact) mass is 334 g/mol. The summed E-state index contributed by atoms with van der Waals surface area (Å²) >= 11 is 0.807. The van der Waals surface area contributed by atoms with E-state index in [0.29, 0.717) is 12.1 Å². The Bertz CT molecular complexity index is 640. The number of unbranched alkanes of at least 4 members (excludes halogenated alkanes) is 1. The quantitative estimate of drug-likeness (QED) is 0.616. The second kappa shape index (κ2) is 7.82. The summed E-state index contributed by atoms with van der Waals surface area (Å²) in [5, 5.41) is 11.5. The number of hydrogen-bond acceptors (Lipinski definition) is 5. The van der Waals surface area contributed by atoms with E-state index in [1.165, 1.54) is 12.1 Å². The third-order valence-electron chi connectivity index (χ3n) is 3.22. The summed E-state index contributed by atoms with van der Waals surface area (Å²) in [5.41, 5.74) is 0.695. The molecule has 2 rings (SSSR count). The van der Waals surface area contributed by atoms with Crippen LogP contribution in [0.25, 0.3) is 6.08 Å². The molecule has 2 N–H and O–H groups in total. The average molecular weight is 334 g/mol. The highest BCUT2D eigenvalue weighted by Crippen LogP contribution is 2.32. The molecule has 0 aliphatic carbocycles. The average Bonchev–Trinajstić information content (AvgIpc) is 2.77. The molecule has 1 aliphatic heterocycles. The molecule has 0 bridgehead atoms. The number of thioether (sulfide) groups is 1. The molecule has 1 aliphatic rings. The SMILES string of the molecule is CCCCNC(=O)CN1C(=O)S/C(=C\c2ccc(O)cc2)C1=O. The molecule has 0 aromatic heterocycles. The van der Waals surface area contributed by atoms with Crippen molar-refractivity contribution in [3.05, 3.63) is 34.7 Å². The van der Waals surface area contributed by atoms with Crippen molar-refractivity contribution in [1.82, 2.24) is 10.2 Å². The number of phenolic OH excluding ortho intramolecular Hbond substituents is 1. The molecular formula is C16H18N2O4S. The summed E-state index contributed by atoms with van der Waals surface area (Å²) in [6.45, 7) is 2.28. The molecule has 0 unspecified atom stereocenters. The van der Waals surface area contributed by atoms with Crippen LogP contribution < -0.4 is 5.32 Å². The van der Waals surface area contributed by atoms with Gasteiger partial charge in [-0.1, -0.05) is 25.5 Å². The first-order valence-corrected chi connectivity index (χ1v) is 8.14. The smallest absolute Gasteiger partial charge is 0.294 e. The van der Waals surface area contributed by atoms with Gasteiger partial charge in [-0.25, -0.2) is 0 Å². The zero-order chi connectivity index (χ0) is 16.8. The molecule has 0 atom stereocenters. The maximum absolute atomic E-state index is 12.2. The molecule has 23 heavy (non-hydrogen) atoms. The van der Waals surface area contributed by atoms with Gasteiger partial charge in [-0.2, -0.15) is 0 Å². The van der Waals surface area contributed by atoms with Crippen molar-refractivity contribution in [1.29, 1.82) is 0 Å². The lowest BCUT2D eigenvalue weighted by atomic mass is 10.2. The van der Waals surface area contributed by atoms with Gasteiger partial charge in [0, 0.05) is 6.54 Å². The second-order valence-corrected chi connectivity index (χ2v) is 6.06. The summed E-state index contributed by atoms with van der Waals surface area (Å²) in [5.74, 6) is -0.690. The molecule has 0 saturated carbocycles. The largest absolute Gasteiger partial charge is 0.508 e. The number of carbonyl (C=O) groups is 3. The van der Waals surface area contributed by atoms with Crippen LogP contribution in [0.15, 0.2) is 29.2 Å². The third-order valence-corrected chi connectivity index (χ3v) is 4.13. The number of benzene rings is 1. The van der Waals surface area contributed by atoms with E-state index in [2.05, 4.69) is 5.32 Å². The Balaban J connectivity index is 2.02. The second-order valence-electron chi connectivity index (χ2n) is 5.06. The topological polar surface area (TPSA) is 86.7 Å². The van der Waals surface area contributed by atoms with E-state index in [9.17, 15) is 19.5 Å². The van der Waals surface area contributed by atoms with Crippen LogP contribution in [0, 0.1) is 0 Å². The molecule has 3 amide bonds. The minimum Gasteiger partial charge on any atom is -0.508 e. The molecule has 7 heteroatoms. The molecule has 1 heterocycles. The van der Waals surface area contributed by atoms with E-state index in [-0.39, 0.29) is 23.1 Å². The van der Waals surface area contributed by atoms with E-state index in [1.807, 2.05) is 6.92 Å². The van der Waals surface area contributed by atoms with Crippen molar-refractivity contribution < 1.29 is 19.5 Å². The molecule has 6 nitrogen and oxygen atoms in total. The maximum Gasteiger partial charge on any atom is 0.294 e. The fraction of sp³-hybridized carbons (Fsp3) is 0.312. The predicted molar refractivity (Wildman–Crippen MR) is 88.7 cm³/mol. The maximum atomic E-state index is 12.2. The Morgan fingerprint density at radius 1 is 1.30 bits per heavy atom. The number of imide groups is 1. The van der Waals surface area contributed by atoms with E-state index in [4.69, 9.17) is 0 Å². The predicted octanol–water partition coefficient (Wildman–Crippen LogP) is 2.34. The van der Waals surface area contributed by atoms with Crippen LogP contribution >= 0.6 is 11.8 Å². The zero-order valence-electron chi connectivity index (χ0n) is 12.7. The van der Waals surface area contributed by atoms with Gasteiger partial charge in [0.15, 0.2) is 0 Å². The zero-order valence-corrected chi connectivity index (χ0v) is 13.6. The summed E-state index contributed by atoms with van der Waals surface area (Å²) in [7, 11) is 0. The fourth-order valence-corrected chi connectivity index (χ4v) is 2.80. The number of phenols is 1. The van der Waals surface area contributed by atoms with E-state index < -0.39 is 11.1 Å². The molecule has 0 spiro atoms. The minimum atomic E-state index is -0.473. The lowest BCUT2D eigenvalue weighted by Crippen LogP contribution is -2.39. The van der Waals surface area contributed by atoms with Gasteiger partial charge in [0.05, 0.1) is 4.91 Å². The summed E-state index contributed by atoms with van der Waals surface area (Å²) in [6, 6.07) is 6.27. The standard InChI is InChI=1S/C16H18N2O4S/c1-2-3-8-17-14(20)10-18-15(21)13(23-16(18)22)9-11-4-6-12(19)7-5-11/h4-7,9,19H,2-3,8,10H2,1H3,(H,17,20)/b13-9-. The summed E-state index contributed by atoms with van der Waals surface area (Å²) in [4.78, 5) is 37.1. The van der Waals surface area contributed by atoms with Crippen LogP contribution in [0.4, 0.5) is 4.79 Å². The van der Waals surface area contributed by atoms with Crippen molar-refractivity contribution in [2.75, 3.05) is 13.1 Å². The van der Waals surface area contributed by atoms with E-state index >= 15 is 0 Å². The summed E-state index contributed by atoms with van der Waals surface area (Å²) in [6.07, 6.45) is 3.38. The lowest BCUT2D eigenvalue weighted by Gasteiger charge is -2.12. The summed E-state index contributed by atoms with van der Waals surface area (Å²) < 4.78 is 0. The van der Waals surface area contributed by atoms with Crippen molar-refractivity contribution in [2.24, 2.45) is 0 Å². The molecule has 1 aromatic rings. The van der Waals surface area contributed by atoms with Gasteiger partial charge < -0.3 is 10.4 Å². The fourth-order valence-electron chi connectivity index (χ4n) is 1.96. The number of amides is 3. The van der Waals surface area contributed by atoms with Gasteiger partial charge in [-0.3, -0.25) is 19.3 Å². The highest BCUT2D eigenvalue weighted by molar-refractivity contribution is 8.18. The minimum absolute atomic E-state index is 0.124. The normalized spacial score (nSPS) is 16.2. The van der Waals surface area contributed by atoms with E-state index in [0.717, 1.165) is 29.5 Å². The van der Waals surface area contributed by atoms with Gasteiger partial charge in [0.1, 0.15) is 12.3 Å². The van der Waals surface area contributed by atoms with E-state index in [1.54, 1.807) is 18.2 Å². The van der Waals surface area contributed by atoms with Crippen LogP contribution in [-0.2, 0) is 9.59 Å².